The monoisotopic (exact) mass is 285 g/mol. The Balaban J connectivity index is 2.35. The fourth-order valence-corrected chi connectivity index (χ4v) is 2.20. The number of aromatic nitrogens is 2. The van der Waals surface area contributed by atoms with Crippen LogP contribution < -0.4 is 0 Å². The average Bonchev–Trinajstić information content (AvgIpc) is 2.32. The molecule has 0 fully saturated rings. The second-order valence-corrected chi connectivity index (χ2v) is 4.54. The van der Waals surface area contributed by atoms with E-state index in [1.54, 1.807) is 0 Å². The normalized spacial score (nSPS) is 10.3. The van der Waals surface area contributed by atoms with Crippen LogP contribution in [0.3, 0.4) is 0 Å². The average molecular weight is 286 g/mol. The van der Waals surface area contributed by atoms with E-state index in [0.717, 1.165) is 18.0 Å². The van der Waals surface area contributed by atoms with Crippen LogP contribution in [0.2, 0.25) is 5.28 Å². The predicted octanol–water partition coefficient (Wildman–Crippen LogP) is 3.33. The molecule has 0 radical (unpaired) electrons. The molecule has 0 saturated heterocycles. The summed E-state index contributed by atoms with van der Waals surface area (Å²) in [5.74, 6) is -0.380. The third-order valence-corrected chi connectivity index (χ3v) is 3.11. The van der Waals surface area contributed by atoms with Gasteiger partial charge in [0.1, 0.15) is 12.0 Å². The van der Waals surface area contributed by atoms with Gasteiger partial charge in [-0.2, -0.15) is 0 Å². The molecule has 2 rings (SSSR count). The standard InChI is InChI=1S/C10H5ClFN3O2S/c11-10-13-5-8(15(16)17)9(14-10)18-7-3-1-6(12)2-4-7/h1-5H. The zero-order chi connectivity index (χ0) is 13.1. The van der Waals surface area contributed by atoms with Gasteiger partial charge in [0.2, 0.25) is 5.28 Å². The van der Waals surface area contributed by atoms with Crippen molar-refractivity contribution in [1.82, 2.24) is 9.97 Å². The molecule has 1 aromatic carbocycles. The first-order valence-corrected chi connectivity index (χ1v) is 5.86. The van der Waals surface area contributed by atoms with Crippen LogP contribution in [0.5, 0.6) is 0 Å². The minimum Gasteiger partial charge on any atom is -0.258 e. The molecule has 0 aliphatic rings. The van der Waals surface area contributed by atoms with E-state index in [0.29, 0.717) is 4.90 Å². The number of halogens is 2. The molecule has 5 nitrogen and oxygen atoms in total. The van der Waals surface area contributed by atoms with Crippen molar-refractivity contribution in [1.29, 1.82) is 0 Å². The minimum absolute atomic E-state index is 0.0785. The highest BCUT2D eigenvalue weighted by Crippen LogP contribution is 2.33. The molecule has 0 bridgehead atoms. The molecular formula is C10H5ClFN3O2S. The summed E-state index contributed by atoms with van der Waals surface area (Å²) in [6.45, 7) is 0. The smallest absolute Gasteiger partial charge is 0.258 e. The topological polar surface area (TPSA) is 68.9 Å². The van der Waals surface area contributed by atoms with Gasteiger partial charge in [-0.25, -0.2) is 14.4 Å². The number of hydrogen-bond acceptors (Lipinski definition) is 5. The summed E-state index contributed by atoms with van der Waals surface area (Å²) in [5.41, 5.74) is -0.242. The van der Waals surface area contributed by atoms with Gasteiger partial charge in [-0.05, 0) is 35.9 Å². The maximum absolute atomic E-state index is 12.7. The van der Waals surface area contributed by atoms with Crippen molar-refractivity contribution in [2.45, 2.75) is 9.92 Å². The Kier molecular flexibility index (Phi) is 3.73. The van der Waals surface area contributed by atoms with Gasteiger partial charge >= 0.3 is 5.69 Å². The van der Waals surface area contributed by atoms with E-state index in [4.69, 9.17) is 11.6 Å². The van der Waals surface area contributed by atoms with E-state index in [-0.39, 0.29) is 21.8 Å². The first kappa shape index (κ1) is 12.7. The second-order valence-electron chi connectivity index (χ2n) is 3.14. The van der Waals surface area contributed by atoms with Crippen LogP contribution in [0.15, 0.2) is 40.4 Å². The van der Waals surface area contributed by atoms with Crippen molar-refractivity contribution in [3.05, 3.63) is 51.7 Å². The highest BCUT2D eigenvalue weighted by Gasteiger charge is 2.17. The van der Waals surface area contributed by atoms with Crippen molar-refractivity contribution < 1.29 is 9.31 Å². The lowest BCUT2D eigenvalue weighted by molar-refractivity contribution is -0.388. The number of hydrogen-bond donors (Lipinski definition) is 0. The van der Waals surface area contributed by atoms with E-state index >= 15 is 0 Å². The summed E-state index contributed by atoms with van der Waals surface area (Å²) in [4.78, 5) is 18.2. The number of nitrogens with zero attached hydrogens (tertiary/aromatic N) is 3. The molecule has 0 aliphatic heterocycles. The molecule has 0 unspecified atom stereocenters. The van der Waals surface area contributed by atoms with Crippen LogP contribution >= 0.6 is 23.4 Å². The molecule has 0 amide bonds. The van der Waals surface area contributed by atoms with Crippen molar-refractivity contribution in [3.63, 3.8) is 0 Å². The summed E-state index contributed by atoms with van der Waals surface area (Å²) in [6, 6.07) is 5.52. The summed E-state index contributed by atoms with van der Waals surface area (Å²) >= 11 is 6.62. The van der Waals surface area contributed by atoms with Crippen molar-refractivity contribution >= 4 is 29.1 Å². The molecule has 0 aliphatic carbocycles. The largest absolute Gasteiger partial charge is 0.319 e. The molecule has 92 valence electrons. The SMILES string of the molecule is O=[N+]([O-])c1cnc(Cl)nc1Sc1ccc(F)cc1. The second kappa shape index (κ2) is 5.28. The van der Waals surface area contributed by atoms with E-state index in [1.165, 1.54) is 24.3 Å². The Morgan fingerprint density at radius 2 is 2.00 bits per heavy atom. The van der Waals surface area contributed by atoms with Gasteiger partial charge in [0, 0.05) is 4.90 Å². The molecule has 0 atom stereocenters. The third-order valence-electron chi connectivity index (χ3n) is 1.93. The van der Waals surface area contributed by atoms with Crippen molar-refractivity contribution in [2.24, 2.45) is 0 Å². The third kappa shape index (κ3) is 2.93. The van der Waals surface area contributed by atoms with Gasteiger partial charge in [0.05, 0.1) is 4.92 Å². The molecule has 2 aromatic rings. The predicted molar refractivity (Wildman–Crippen MR) is 64.2 cm³/mol. The van der Waals surface area contributed by atoms with Gasteiger partial charge in [-0.1, -0.05) is 11.8 Å². The fraction of sp³-hybridized carbons (Fsp3) is 0. The number of nitro groups is 1. The quantitative estimate of drug-likeness (QED) is 0.374. The lowest BCUT2D eigenvalue weighted by Gasteiger charge is -2.02. The Bertz CT molecular complexity index is 594. The number of rotatable bonds is 3. The van der Waals surface area contributed by atoms with Crippen LogP contribution in [0.1, 0.15) is 0 Å². The number of benzene rings is 1. The highest BCUT2D eigenvalue weighted by atomic mass is 35.5. The van der Waals surface area contributed by atoms with E-state index in [2.05, 4.69) is 9.97 Å². The summed E-state index contributed by atoms with van der Waals surface area (Å²) in [6.07, 6.45) is 1.04. The lowest BCUT2D eigenvalue weighted by Crippen LogP contribution is -1.95. The van der Waals surface area contributed by atoms with Crippen LogP contribution in [-0.4, -0.2) is 14.9 Å². The van der Waals surface area contributed by atoms with Crippen molar-refractivity contribution in [2.75, 3.05) is 0 Å². The minimum atomic E-state index is -0.595. The molecule has 1 aromatic heterocycles. The maximum Gasteiger partial charge on any atom is 0.319 e. The van der Waals surface area contributed by atoms with Crippen LogP contribution in [0.25, 0.3) is 0 Å². The first-order chi connectivity index (χ1) is 8.56. The van der Waals surface area contributed by atoms with E-state index in [9.17, 15) is 14.5 Å². The summed E-state index contributed by atoms with van der Waals surface area (Å²) in [7, 11) is 0. The molecule has 0 saturated carbocycles. The van der Waals surface area contributed by atoms with Crippen LogP contribution in [0.4, 0.5) is 10.1 Å². The van der Waals surface area contributed by atoms with E-state index in [1.807, 2.05) is 0 Å². The Hall–Kier alpha value is -1.73. The zero-order valence-electron chi connectivity index (χ0n) is 8.71. The van der Waals surface area contributed by atoms with Crippen LogP contribution in [0, 0.1) is 15.9 Å². The van der Waals surface area contributed by atoms with Crippen LogP contribution in [-0.2, 0) is 0 Å². The van der Waals surface area contributed by atoms with Gasteiger partial charge in [-0.15, -0.1) is 0 Å². The first-order valence-electron chi connectivity index (χ1n) is 4.66. The van der Waals surface area contributed by atoms with Gasteiger partial charge < -0.3 is 0 Å². The maximum atomic E-state index is 12.7. The Morgan fingerprint density at radius 1 is 1.33 bits per heavy atom. The van der Waals surface area contributed by atoms with Gasteiger partial charge in [-0.3, -0.25) is 10.1 Å². The summed E-state index contributed by atoms with van der Waals surface area (Å²) < 4.78 is 12.7. The molecule has 1 heterocycles. The molecule has 18 heavy (non-hydrogen) atoms. The summed E-state index contributed by atoms with van der Waals surface area (Å²) in [5, 5.41) is 10.8. The molecule has 0 spiro atoms. The Labute approximate surface area is 110 Å². The zero-order valence-corrected chi connectivity index (χ0v) is 10.3. The van der Waals surface area contributed by atoms with Crippen molar-refractivity contribution in [3.8, 4) is 0 Å². The molecular weight excluding hydrogens is 281 g/mol. The molecule has 8 heteroatoms. The van der Waals surface area contributed by atoms with E-state index < -0.39 is 4.92 Å². The highest BCUT2D eigenvalue weighted by molar-refractivity contribution is 7.99. The fourth-order valence-electron chi connectivity index (χ4n) is 1.15. The van der Waals surface area contributed by atoms with Gasteiger partial charge in [0.25, 0.3) is 0 Å². The lowest BCUT2D eigenvalue weighted by atomic mass is 10.4. The Morgan fingerprint density at radius 3 is 2.61 bits per heavy atom. The molecule has 0 N–H and O–H groups in total. The van der Waals surface area contributed by atoms with Gasteiger partial charge in [0.15, 0.2) is 5.03 Å².